The molecule has 7 heteroatoms. The Balaban J connectivity index is 1.28. The van der Waals surface area contributed by atoms with E-state index >= 15 is 0 Å². The highest BCUT2D eigenvalue weighted by molar-refractivity contribution is 6.07. The van der Waals surface area contributed by atoms with E-state index in [0.29, 0.717) is 31.6 Å². The number of urea groups is 1. The van der Waals surface area contributed by atoms with Gasteiger partial charge in [-0.1, -0.05) is 54.6 Å². The monoisotopic (exact) mass is 414 g/mol. The van der Waals surface area contributed by atoms with Crippen molar-refractivity contribution in [3.8, 4) is 0 Å². The lowest BCUT2D eigenvalue weighted by Gasteiger charge is -2.37. The second-order valence-corrected chi connectivity index (χ2v) is 8.07. The predicted octanol–water partition coefficient (Wildman–Crippen LogP) is 2.96. The average molecular weight is 414 g/mol. The third kappa shape index (κ3) is 3.42. The molecule has 0 atom stereocenters. The van der Waals surface area contributed by atoms with Gasteiger partial charge in [0.15, 0.2) is 0 Å². The van der Waals surface area contributed by atoms with Crippen LogP contribution in [0.25, 0.3) is 10.9 Å². The fourth-order valence-corrected chi connectivity index (χ4v) is 4.36. The average Bonchev–Trinajstić information content (AvgIpc) is 3.03. The lowest BCUT2D eigenvalue weighted by molar-refractivity contribution is -0.133. The summed E-state index contributed by atoms with van der Waals surface area (Å²) in [5, 5.41) is 3.88. The highest BCUT2D eigenvalue weighted by Crippen LogP contribution is 2.31. The van der Waals surface area contributed by atoms with Crippen molar-refractivity contribution >= 4 is 28.7 Å². The van der Waals surface area contributed by atoms with Crippen molar-refractivity contribution in [3.05, 3.63) is 78.0 Å². The molecule has 7 nitrogen and oxygen atoms in total. The third-order valence-corrected chi connectivity index (χ3v) is 6.15. The Morgan fingerprint density at radius 3 is 2.42 bits per heavy atom. The molecule has 0 saturated carbocycles. The van der Waals surface area contributed by atoms with Gasteiger partial charge < -0.3 is 10.2 Å². The minimum Gasteiger partial charge on any atom is -0.337 e. The maximum absolute atomic E-state index is 13.1. The SMILES string of the molecule is O=C(c1ccc2ccccc2n1)N1CCC2(CC1)NC(=O)N(Cc1ccccc1)C2=O. The number of aromatic nitrogens is 1. The molecule has 3 aromatic rings. The summed E-state index contributed by atoms with van der Waals surface area (Å²) in [4.78, 5) is 46.1. The topological polar surface area (TPSA) is 82.6 Å². The fourth-order valence-electron chi connectivity index (χ4n) is 4.36. The summed E-state index contributed by atoms with van der Waals surface area (Å²) in [5.74, 6) is -0.365. The quantitative estimate of drug-likeness (QED) is 0.668. The maximum atomic E-state index is 13.1. The zero-order chi connectivity index (χ0) is 21.4. The standard InChI is InChI=1S/C24H22N4O3/c29-21(20-11-10-18-8-4-5-9-19(18)25-20)27-14-12-24(13-15-27)22(30)28(23(31)26-24)16-17-6-2-1-3-7-17/h1-11H,12-16H2,(H,26,31). The van der Waals surface area contributed by atoms with Gasteiger partial charge in [-0.15, -0.1) is 0 Å². The molecule has 2 aliphatic rings. The first-order chi connectivity index (χ1) is 15.1. The second-order valence-electron chi connectivity index (χ2n) is 8.07. The van der Waals surface area contributed by atoms with Crippen LogP contribution in [0.3, 0.4) is 0 Å². The number of imide groups is 1. The highest BCUT2D eigenvalue weighted by Gasteiger charge is 2.52. The van der Waals surface area contributed by atoms with Crippen molar-refractivity contribution in [2.45, 2.75) is 24.9 Å². The summed E-state index contributed by atoms with van der Waals surface area (Å²) >= 11 is 0. The van der Waals surface area contributed by atoms with Crippen LogP contribution in [0.5, 0.6) is 0 Å². The molecule has 1 aromatic heterocycles. The van der Waals surface area contributed by atoms with Crippen molar-refractivity contribution in [2.24, 2.45) is 0 Å². The normalized spacial score (nSPS) is 17.9. The molecule has 0 unspecified atom stereocenters. The van der Waals surface area contributed by atoms with E-state index in [1.54, 1.807) is 11.0 Å². The van der Waals surface area contributed by atoms with E-state index in [0.717, 1.165) is 16.5 Å². The number of carbonyl (C=O) groups is 3. The van der Waals surface area contributed by atoms with Gasteiger partial charge >= 0.3 is 6.03 Å². The number of rotatable bonds is 3. The van der Waals surface area contributed by atoms with Gasteiger partial charge in [-0.05, 0) is 30.5 Å². The molecule has 156 valence electrons. The summed E-state index contributed by atoms with van der Waals surface area (Å²) in [6.45, 7) is 1.02. The molecule has 1 spiro atoms. The molecule has 2 aliphatic heterocycles. The van der Waals surface area contributed by atoms with E-state index < -0.39 is 5.54 Å². The van der Waals surface area contributed by atoms with Crippen LogP contribution in [-0.2, 0) is 11.3 Å². The van der Waals surface area contributed by atoms with Gasteiger partial charge in [0.05, 0.1) is 12.1 Å². The number of carbonyl (C=O) groups excluding carboxylic acids is 3. The van der Waals surface area contributed by atoms with E-state index in [2.05, 4.69) is 10.3 Å². The van der Waals surface area contributed by atoms with Crippen molar-refractivity contribution in [1.29, 1.82) is 0 Å². The number of hydrogen-bond donors (Lipinski definition) is 1. The molecule has 2 aromatic carbocycles. The number of hydrogen-bond acceptors (Lipinski definition) is 4. The molecule has 31 heavy (non-hydrogen) atoms. The van der Waals surface area contributed by atoms with Gasteiger partial charge in [-0.3, -0.25) is 14.5 Å². The second kappa shape index (κ2) is 7.50. The minimum absolute atomic E-state index is 0.154. The van der Waals surface area contributed by atoms with Crippen molar-refractivity contribution in [3.63, 3.8) is 0 Å². The number of amides is 4. The number of nitrogens with one attached hydrogen (secondary N) is 1. The van der Waals surface area contributed by atoms with Gasteiger partial charge in [-0.2, -0.15) is 0 Å². The van der Waals surface area contributed by atoms with Crippen LogP contribution in [-0.4, -0.2) is 51.3 Å². The minimum atomic E-state index is -0.931. The van der Waals surface area contributed by atoms with Crippen LogP contribution in [0.15, 0.2) is 66.7 Å². The van der Waals surface area contributed by atoms with Gasteiger partial charge in [0, 0.05) is 18.5 Å². The van der Waals surface area contributed by atoms with Crippen LogP contribution in [0.1, 0.15) is 28.9 Å². The van der Waals surface area contributed by atoms with Crippen LogP contribution in [0, 0.1) is 0 Å². The molecule has 4 amide bonds. The van der Waals surface area contributed by atoms with E-state index in [1.807, 2.05) is 60.7 Å². The summed E-state index contributed by atoms with van der Waals surface area (Å²) in [6.07, 6.45) is 0.782. The summed E-state index contributed by atoms with van der Waals surface area (Å²) in [5.41, 5.74) is 1.14. The number of likely N-dealkylation sites (tertiary alicyclic amines) is 1. The molecular weight excluding hydrogens is 392 g/mol. The Morgan fingerprint density at radius 1 is 0.935 bits per heavy atom. The molecule has 0 bridgehead atoms. The Bertz CT molecular complexity index is 1170. The van der Waals surface area contributed by atoms with E-state index in [1.165, 1.54) is 4.90 Å². The van der Waals surface area contributed by atoms with Gasteiger partial charge in [0.2, 0.25) is 0 Å². The molecule has 0 radical (unpaired) electrons. The first-order valence-corrected chi connectivity index (χ1v) is 10.4. The van der Waals surface area contributed by atoms with Crippen molar-refractivity contribution in [1.82, 2.24) is 20.1 Å². The van der Waals surface area contributed by atoms with Crippen LogP contribution in [0.4, 0.5) is 4.79 Å². The Kier molecular flexibility index (Phi) is 4.66. The van der Waals surface area contributed by atoms with Crippen LogP contribution >= 0.6 is 0 Å². The van der Waals surface area contributed by atoms with Crippen molar-refractivity contribution < 1.29 is 14.4 Å². The first kappa shape index (κ1) is 19.2. The van der Waals surface area contributed by atoms with Crippen LogP contribution in [0.2, 0.25) is 0 Å². The van der Waals surface area contributed by atoms with E-state index in [9.17, 15) is 14.4 Å². The summed E-state index contributed by atoms with van der Waals surface area (Å²) < 4.78 is 0. The van der Waals surface area contributed by atoms with Gasteiger partial charge in [0.25, 0.3) is 11.8 Å². The molecule has 0 aliphatic carbocycles. The third-order valence-electron chi connectivity index (χ3n) is 6.15. The molecule has 5 rings (SSSR count). The largest absolute Gasteiger partial charge is 0.337 e. The Labute approximate surface area is 179 Å². The highest BCUT2D eigenvalue weighted by atomic mass is 16.2. The molecule has 3 heterocycles. The molecule has 2 fully saturated rings. The lowest BCUT2D eigenvalue weighted by atomic mass is 9.87. The predicted molar refractivity (Wildman–Crippen MR) is 115 cm³/mol. The molecule has 2 saturated heterocycles. The zero-order valence-electron chi connectivity index (χ0n) is 17.0. The molecular formula is C24H22N4O3. The number of para-hydroxylation sites is 1. The Morgan fingerprint density at radius 2 is 1.65 bits per heavy atom. The number of fused-ring (bicyclic) bond motifs is 1. The maximum Gasteiger partial charge on any atom is 0.325 e. The number of piperidine rings is 1. The van der Waals surface area contributed by atoms with E-state index in [-0.39, 0.29) is 24.4 Å². The van der Waals surface area contributed by atoms with Gasteiger partial charge in [-0.25, -0.2) is 9.78 Å². The fraction of sp³-hybridized carbons (Fsp3) is 0.250. The Hall–Kier alpha value is -3.74. The number of benzene rings is 2. The lowest BCUT2D eigenvalue weighted by Crippen LogP contribution is -2.55. The summed E-state index contributed by atoms with van der Waals surface area (Å²) in [7, 11) is 0. The van der Waals surface area contributed by atoms with Gasteiger partial charge in [0.1, 0.15) is 11.2 Å². The summed E-state index contributed by atoms with van der Waals surface area (Å²) in [6, 6.07) is 20.4. The first-order valence-electron chi connectivity index (χ1n) is 10.4. The number of nitrogens with zero attached hydrogens (tertiary/aromatic N) is 3. The number of pyridine rings is 1. The smallest absolute Gasteiger partial charge is 0.325 e. The molecule has 1 N–H and O–H groups in total. The van der Waals surface area contributed by atoms with Crippen molar-refractivity contribution in [2.75, 3.05) is 13.1 Å². The van der Waals surface area contributed by atoms with E-state index in [4.69, 9.17) is 0 Å². The van der Waals surface area contributed by atoms with Crippen LogP contribution < -0.4 is 5.32 Å². The zero-order valence-corrected chi connectivity index (χ0v) is 17.0.